The predicted octanol–water partition coefficient (Wildman–Crippen LogP) is 4.24. The molecule has 0 aliphatic heterocycles. The molecule has 0 radical (unpaired) electrons. The SMILES string of the molecule is O=C(NCC1CC1)NCC1CCC(CNC(=O)c2cccc(Cl)c2Cl)CC1. The summed E-state index contributed by atoms with van der Waals surface area (Å²) in [6.07, 6.45) is 6.73. The van der Waals surface area contributed by atoms with Gasteiger partial charge in [-0.15, -0.1) is 0 Å². The number of halogens is 2. The predicted molar refractivity (Wildman–Crippen MR) is 108 cm³/mol. The summed E-state index contributed by atoms with van der Waals surface area (Å²) in [6.45, 7) is 2.17. The summed E-state index contributed by atoms with van der Waals surface area (Å²) < 4.78 is 0. The molecule has 3 amide bonds. The minimum Gasteiger partial charge on any atom is -0.352 e. The highest BCUT2D eigenvalue weighted by Crippen LogP contribution is 2.29. The van der Waals surface area contributed by atoms with Gasteiger partial charge in [0.1, 0.15) is 0 Å². The summed E-state index contributed by atoms with van der Waals surface area (Å²) in [7, 11) is 0. The molecule has 3 rings (SSSR count). The quantitative estimate of drug-likeness (QED) is 0.627. The summed E-state index contributed by atoms with van der Waals surface area (Å²) in [5.41, 5.74) is 0.416. The van der Waals surface area contributed by atoms with Crippen LogP contribution in [0.4, 0.5) is 4.79 Å². The van der Waals surface area contributed by atoms with E-state index in [1.165, 1.54) is 12.8 Å². The van der Waals surface area contributed by atoms with Gasteiger partial charge in [0.25, 0.3) is 5.91 Å². The maximum Gasteiger partial charge on any atom is 0.314 e. The van der Waals surface area contributed by atoms with Gasteiger partial charge in [-0.25, -0.2) is 4.79 Å². The van der Waals surface area contributed by atoms with E-state index in [1.807, 2.05) is 0 Å². The fourth-order valence-electron chi connectivity index (χ4n) is 3.51. The largest absolute Gasteiger partial charge is 0.352 e. The van der Waals surface area contributed by atoms with Crippen LogP contribution in [0.3, 0.4) is 0 Å². The number of amides is 3. The summed E-state index contributed by atoms with van der Waals surface area (Å²) in [5, 5.41) is 9.58. The van der Waals surface area contributed by atoms with Gasteiger partial charge in [0.15, 0.2) is 0 Å². The Morgan fingerprint density at radius 3 is 1.81 bits per heavy atom. The van der Waals surface area contributed by atoms with E-state index in [1.54, 1.807) is 18.2 Å². The molecule has 148 valence electrons. The van der Waals surface area contributed by atoms with Gasteiger partial charge in [-0.05, 0) is 68.4 Å². The molecule has 1 aromatic rings. The molecule has 5 nitrogen and oxygen atoms in total. The molecule has 0 saturated heterocycles. The van der Waals surface area contributed by atoms with Gasteiger partial charge >= 0.3 is 6.03 Å². The Labute approximate surface area is 170 Å². The summed E-state index contributed by atoms with van der Waals surface area (Å²) in [4.78, 5) is 24.1. The molecule has 0 spiro atoms. The van der Waals surface area contributed by atoms with Crippen molar-refractivity contribution >= 4 is 35.1 Å². The lowest BCUT2D eigenvalue weighted by Crippen LogP contribution is -2.40. The molecule has 27 heavy (non-hydrogen) atoms. The first-order valence-corrected chi connectivity index (χ1v) is 10.5. The van der Waals surface area contributed by atoms with E-state index in [0.717, 1.165) is 38.8 Å². The lowest BCUT2D eigenvalue weighted by atomic mass is 9.82. The van der Waals surface area contributed by atoms with Crippen molar-refractivity contribution in [1.29, 1.82) is 0 Å². The number of urea groups is 1. The maximum atomic E-state index is 12.3. The monoisotopic (exact) mass is 411 g/mol. The molecule has 0 heterocycles. The van der Waals surface area contributed by atoms with Gasteiger partial charge in [0.2, 0.25) is 0 Å². The number of carbonyl (C=O) groups is 2. The first-order chi connectivity index (χ1) is 13.0. The molecule has 0 atom stereocenters. The minimum absolute atomic E-state index is 0.0466. The Morgan fingerprint density at radius 2 is 1.30 bits per heavy atom. The summed E-state index contributed by atoms with van der Waals surface area (Å²) >= 11 is 12.1. The van der Waals surface area contributed by atoms with Crippen LogP contribution in [-0.4, -0.2) is 31.6 Å². The molecule has 2 aliphatic carbocycles. The zero-order valence-electron chi connectivity index (χ0n) is 15.4. The summed E-state index contributed by atoms with van der Waals surface area (Å²) in [5.74, 6) is 1.50. The zero-order chi connectivity index (χ0) is 19.2. The van der Waals surface area contributed by atoms with E-state index in [-0.39, 0.29) is 11.9 Å². The molecule has 2 aliphatic rings. The highest BCUT2D eigenvalue weighted by molar-refractivity contribution is 6.43. The third kappa shape index (κ3) is 6.28. The van der Waals surface area contributed by atoms with Crippen LogP contribution in [0, 0.1) is 17.8 Å². The van der Waals surface area contributed by atoms with Crippen LogP contribution in [0.25, 0.3) is 0 Å². The Morgan fingerprint density at radius 1 is 0.815 bits per heavy atom. The molecular weight excluding hydrogens is 385 g/mol. The number of hydrogen-bond donors (Lipinski definition) is 3. The van der Waals surface area contributed by atoms with E-state index in [0.29, 0.717) is 39.9 Å². The van der Waals surface area contributed by atoms with Crippen molar-refractivity contribution in [2.24, 2.45) is 17.8 Å². The van der Waals surface area contributed by atoms with Gasteiger partial charge in [0.05, 0.1) is 15.6 Å². The molecule has 1 aromatic carbocycles. The normalized spacial score (nSPS) is 22.1. The minimum atomic E-state index is -0.182. The van der Waals surface area contributed by atoms with Crippen molar-refractivity contribution in [3.8, 4) is 0 Å². The number of hydrogen-bond acceptors (Lipinski definition) is 2. The van der Waals surface area contributed by atoms with Crippen molar-refractivity contribution < 1.29 is 9.59 Å². The molecule has 2 fully saturated rings. The Bertz CT molecular complexity index is 671. The molecule has 3 N–H and O–H groups in total. The Balaban J connectivity index is 1.32. The highest BCUT2D eigenvalue weighted by atomic mass is 35.5. The molecule has 7 heteroatoms. The molecular formula is C20H27Cl2N3O2. The van der Waals surface area contributed by atoms with Crippen LogP contribution in [0.2, 0.25) is 10.0 Å². The van der Waals surface area contributed by atoms with E-state index < -0.39 is 0 Å². The van der Waals surface area contributed by atoms with Crippen LogP contribution in [0.5, 0.6) is 0 Å². The van der Waals surface area contributed by atoms with E-state index >= 15 is 0 Å². The second-order valence-electron chi connectivity index (χ2n) is 7.73. The average molecular weight is 412 g/mol. The van der Waals surface area contributed by atoms with Crippen LogP contribution in [0.15, 0.2) is 18.2 Å². The van der Waals surface area contributed by atoms with Crippen molar-refractivity contribution in [2.75, 3.05) is 19.6 Å². The van der Waals surface area contributed by atoms with E-state index in [4.69, 9.17) is 23.2 Å². The number of benzene rings is 1. The smallest absolute Gasteiger partial charge is 0.314 e. The van der Waals surface area contributed by atoms with Crippen molar-refractivity contribution in [1.82, 2.24) is 16.0 Å². The van der Waals surface area contributed by atoms with Crippen molar-refractivity contribution in [3.63, 3.8) is 0 Å². The highest BCUT2D eigenvalue weighted by Gasteiger charge is 2.24. The first-order valence-electron chi connectivity index (χ1n) is 9.77. The Hall–Kier alpha value is -1.46. The van der Waals surface area contributed by atoms with Crippen molar-refractivity contribution in [2.45, 2.75) is 38.5 Å². The topological polar surface area (TPSA) is 70.2 Å². The second-order valence-corrected chi connectivity index (χ2v) is 8.52. The van der Waals surface area contributed by atoms with Gasteiger partial charge in [-0.2, -0.15) is 0 Å². The molecule has 0 unspecified atom stereocenters. The fraction of sp³-hybridized carbons (Fsp3) is 0.600. The zero-order valence-corrected chi connectivity index (χ0v) is 16.9. The van der Waals surface area contributed by atoms with Gasteiger partial charge < -0.3 is 16.0 Å². The van der Waals surface area contributed by atoms with Gasteiger partial charge in [-0.3, -0.25) is 4.79 Å². The fourth-order valence-corrected chi connectivity index (χ4v) is 3.90. The molecule has 2 saturated carbocycles. The third-order valence-electron chi connectivity index (χ3n) is 5.51. The summed E-state index contributed by atoms with van der Waals surface area (Å²) in [6, 6.07) is 5.03. The lowest BCUT2D eigenvalue weighted by Gasteiger charge is -2.28. The number of nitrogens with one attached hydrogen (secondary N) is 3. The number of carbonyl (C=O) groups excluding carboxylic acids is 2. The van der Waals surface area contributed by atoms with Crippen LogP contribution >= 0.6 is 23.2 Å². The van der Waals surface area contributed by atoms with E-state index in [9.17, 15) is 9.59 Å². The average Bonchev–Trinajstić information content (AvgIpc) is 3.50. The van der Waals surface area contributed by atoms with Crippen molar-refractivity contribution in [3.05, 3.63) is 33.8 Å². The standard InChI is InChI=1S/C20H27Cl2N3O2/c21-17-3-1-2-16(18(17)22)19(26)23-10-13-4-6-14(7-5-13)11-24-20(27)25-12-15-8-9-15/h1-3,13-15H,4-12H2,(H,23,26)(H2,24,25,27). The first kappa shape index (κ1) is 20.3. The van der Waals surface area contributed by atoms with Crippen LogP contribution in [-0.2, 0) is 0 Å². The lowest BCUT2D eigenvalue weighted by molar-refractivity contribution is 0.0941. The van der Waals surface area contributed by atoms with E-state index in [2.05, 4.69) is 16.0 Å². The van der Waals surface area contributed by atoms with Gasteiger partial charge in [0, 0.05) is 19.6 Å². The Kier molecular flexibility index (Phi) is 7.25. The molecule has 0 bridgehead atoms. The van der Waals surface area contributed by atoms with Crippen LogP contribution in [0.1, 0.15) is 48.9 Å². The van der Waals surface area contributed by atoms with Gasteiger partial charge in [-0.1, -0.05) is 29.3 Å². The van der Waals surface area contributed by atoms with Crippen LogP contribution < -0.4 is 16.0 Å². The number of rotatable bonds is 7. The third-order valence-corrected chi connectivity index (χ3v) is 6.33. The maximum absolute atomic E-state index is 12.3. The molecule has 0 aromatic heterocycles. The second kappa shape index (κ2) is 9.65.